The quantitative estimate of drug-likeness (QED) is 0.814. The Bertz CT molecular complexity index is 247. The van der Waals surface area contributed by atoms with Crippen LogP contribution in [0.4, 0.5) is 0 Å². The van der Waals surface area contributed by atoms with E-state index in [9.17, 15) is 5.11 Å². The van der Waals surface area contributed by atoms with Gasteiger partial charge in [0.15, 0.2) is 0 Å². The minimum atomic E-state index is -0.132. The van der Waals surface area contributed by atoms with E-state index in [0.29, 0.717) is 6.04 Å². The Hall–Kier alpha value is -0.120. The second-order valence-electron chi connectivity index (χ2n) is 6.01. The molecule has 2 aliphatic rings. The second kappa shape index (κ2) is 6.88. The first-order valence-corrected chi connectivity index (χ1v) is 7.92. The summed E-state index contributed by atoms with van der Waals surface area (Å²) >= 11 is 0. The van der Waals surface area contributed by atoms with Gasteiger partial charge in [-0.05, 0) is 51.7 Å². The van der Waals surface area contributed by atoms with Crippen LogP contribution in [0.5, 0.6) is 0 Å². The van der Waals surface area contributed by atoms with Gasteiger partial charge in [0, 0.05) is 18.6 Å². The maximum Gasteiger partial charge on any atom is 0.0695 e. The summed E-state index contributed by atoms with van der Waals surface area (Å²) in [5, 5.41) is 10.3. The number of rotatable bonds is 5. The Labute approximate surface area is 112 Å². The molecule has 3 nitrogen and oxygen atoms in total. The van der Waals surface area contributed by atoms with Crippen molar-refractivity contribution in [3.05, 3.63) is 0 Å². The summed E-state index contributed by atoms with van der Waals surface area (Å²) in [5.41, 5.74) is 0. The van der Waals surface area contributed by atoms with E-state index in [-0.39, 0.29) is 6.10 Å². The van der Waals surface area contributed by atoms with Crippen molar-refractivity contribution in [1.82, 2.24) is 9.80 Å². The van der Waals surface area contributed by atoms with Crippen molar-refractivity contribution in [3.63, 3.8) is 0 Å². The van der Waals surface area contributed by atoms with E-state index in [0.717, 1.165) is 25.3 Å². The first-order valence-electron chi connectivity index (χ1n) is 7.92. The van der Waals surface area contributed by atoms with Gasteiger partial charge in [-0.2, -0.15) is 0 Å². The van der Waals surface area contributed by atoms with Gasteiger partial charge in [-0.3, -0.25) is 9.80 Å². The monoisotopic (exact) mass is 254 g/mol. The van der Waals surface area contributed by atoms with Gasteiger partial charge in [0.2, 0.25) is 0 Å². The highest BCUT2D eigenvalue weighted by molar-refractivity contribution is 4.88. The number of hydrogen-bond acceptors (Lipinski definition) is 3. The summed E-state index contributed by atoms with van der Waals surface area (Å²) in [6.07, 6.45) is 6.97. The number of nitrogens with zero attached hydrogens (tertiary/aromatic N) is 2. The molecule has 2 rings (SSSR count). The number of fused-ring (bicyclic) bond motifs is 1. The van der Waals surface area contributed by atoms with Crippen molar-refractivity contribution in [2.45, 2.75) is 70.6 Å². The first kappa shape index (κ1) is 14.3. The fourth-order valence-electron chi connectivity index (χ4n) is 3.80. The van der Waals surface area contributed by atoms with Crippen LogP contribution < -0.4 is 0 Å². The lowest BCUT2D eigenvalue weighted by molar-refractivity contribution is 0.0372. The summed E-state index contributed by atoms with van der Waals surface area (Å²) in [6, 6.07) is 1.14. The van der Waals surface area contributed by atoms with Gasteiger partial charge in [0.05, 0.1) is 6.10 Å². The molecule has 3 heteroatoms. The third-order valence-electron chi connectivity index (χ3n) is 4.75. The predicted octanol–water partition coefficient (Wildman–Crippen LogP) is 2.10. The van der Waals surface area contributed by atoms with Crippen LogP contribution >= 0.6 is 0 Å². The molecule has 0 aromatic rings. The van der Waals surface area contributed by atoms with Crippen molar-refractivity contribution in [2.24, 2.45) is 0 Å². The second-order valence-corrected chi connectivity index (χ2v) is 6.01. The van der Waals surface area contributed by atoms with Crippen LogP contribution in [-0.4, -0.2) is 59.3 Å². The van der Waals surface area contributed by atoms with E-state index in [1.807, 2.05) is 0 Å². The molecule has 2 fully saturated rings. The molecule has 18 heavy (non-hydrogen) atoms. The topological polar surface area (TPSA) is 26.7 Å². The van der Waals surface area contributed by atoms with Crippen molar-refractivity contribution >= 4 is 0 Å². The van der Waals surface area contributed by atoms with Gasteiger partial charge in [0.1, 0.15) is 0 Å². The van der Waals surface area contributed by atoms with Gasteiger partial charge in [-0.15, -0.1) is 0 Å². The third kappa shape index (κ3) is 3.25. The molecule has 0 amide bonds. The molecule has 0 spiro atoms. The largest absolute Gasteiger partial charge is 0.391 e. The standard InChI is InChI=1S/C15H30N2O/c1-3-7-15(18)14(4-2)17-11-6-10-16-9-5-8-13(16)12-17/h13-15,18H,3-12H2,1-2H3. The zero-order valence-corrected chi connectivity index (χ0v) is 12.1. The summed E-state index contributed by atoms with van der Waals surface area (Å²) < 4.78 is 0. The Morgan fingerprint density at radius 3 is 2.67 bits per heavy atom. The average Bonchev–Trinajstić information content (AvgIpc) is 2.69. The molecule has 1 N–H and O–H groups in total. The number of hydrogen-bond donors (Lipinski definition) is 1. The maximum atomic E-state index is 10.3. The highest BCUT2D eigenvalue weighted by Gasteiger charge is 2.32. The first-order chi connectivity index (χ1) is 8.76. The van der Waals surface area contributed by atoms with Gasteiger partial charge >= 0.3 is 0 Å². The molecule has 3 atom stereocenters. The molecular weight excluding hydrogens is 224 g/mol. The zero-order valence-electron chi connectivity index (χ0n) is 12.1. The maximum absolute atomic E-state index is 10.3. The smallest absolute Gasteiger partial charge is 0.0695 e. The summed E-state index contributed by atoms with van der Waals surface area (Å²) in [5.74, 6) is 0. The minimum absolute atomic E-state index is 0.132. The van der Waals surface area contributed by atoms with E-state index in [1.165, 1.54) is 45.4 Å². The lowest BCUT2D eigenvalue weighted by Crippen LogP contribution is -2.47. The number of aliphatic hydroxyl groups excluding tert-OH is 1. The van der Waals surface area contributed by atoms with Crippen molar-refractivity contribution in [3.8, 4) is 0 Å². The van der Waals surface area contributed by atoms with E-state index < -0.39 is 0 Å². The van der Waals surface area contributed by atoms with Crippen LogP contribution in [0.1, 0.15) is 52.4 Å². The zero-order chi connectivity index (χ0) is 13.0. The molecule has 0 bridgehead atoms. The Balaban J connectivity index is 1.96. The summed E-state index contributed by atoms with van der Waals surface area (Å²) in [7, 11) is 0. The molecule has 0 aromatic heterocycles. The van der Waals surface area contributed by atoms with E-state index in [2.05, 4.69) is 23.6 Å². The number of aliphatic hydroxyl groups is 1. The lowest BCUT2D eigenvalue weighted by Gasteiger charge is -2.35. The molecule has 2 saturated heterocycles. The van der Waals surface area contributed by atoms with Crippen molar-refractivity contribution in [2.75, 3.05) is 26.2 Å². The molecule has 0 aromatic carbocycles. The van der Waals surface area contributed by atoms with Crippen LogP contribution in [0.15, 0.2) is 0 Å². The molecule has 2 aliphatic heterocycles. The molecule has 0 saturated carbocycles. The molecule has 2 heterocycles. The molecule has 3 unspecified atom stereocenters. The van der Waals surface area contributed by atoms with E-state index in [1.54, 1.807) is 0 Å². The van der Waals surface area contributed by atoms with Crippen LogP contribution in [0, 0.1) is 0 Å². The normalized spacial score (nSPS) is 29.8. The van der Waals surface area contributed by atoms with E-state index >= 15 is 0 Å². The van der Waals surface area contributed by atoms with Crippen LogP contribution in [0.3, 0.4) is 0 Å². The Kier molecular flexibility index (Phi) is 5.46. The fraction of sp³-hybridized carbons (Fsp3) is 1.00. The van der Waals surface area contributed by atoms with Crippen molar-refractivity contribution in [1.29, 1.82) is 0 Å². The molecule has 0 aliphatic carbocycles. The average molecular weight is 254 g/mol. The third-order valence-corrected chi connectivity index (χ3v) is 4.75. The van der Waals surface area contributed by atoms with Gasteiger partial charge < -0.3 is 5.11 Å². The van der Waals surface area contributed by atoms with Gasteiger partial charge in [0.25, 0.3) is 0 Å². The predicted molar refractivity (Wildman–Crippen MR) is 75.8 cm³/mol. The molecule has 0 radical (unpaired) electrons. The molecular formula is C15H30N2O. The van der Waals surface area contributed by atoms with Crippen LogP contribution in [0.25, 0.3) is 0 Å². The summed E-state index contributed by atoms with van der Waals surface area (Å²) in [4.78, 5) is 5.25. The Morgan fingerprint density at radius 2 is 1.94 bits per heavy atom. The molecule has 106 valence electrons. The van der Waals surface area contributed by atoms with E-state index in [4.69, 9.17) is 0 Å². The lowest BCUT2D eigenvalue weighted by atomic mass is 10.0. The van der Waals surface area contributed by atoms with Crippen LogP contribution in [-0.2, 0) is 0 Å². The van der Waals surface area contributed by atoms with Crippen molar-refractivity contribution < 1.29 is 5.11 Å². The Morgan fingerprint density at radius 1 is 1.17 bits per heavy atom. The minimum Gasteiger partial charge on any atom is -0.391 e. The van der Waals surface area contributed by atoms with Crippen LogP contribution in [0.2, 0.25) is 0 Å². The highest BCUT2D eigenvalue weighted by atomic mass is 16.3. The van der Waals surface area contributed by atoms with Gasteiger partial charge in [-0.1, -0.05) is 20.3 Å². The SMILES string of the molecule is CCCC(O)C(CC)N1CCCN2CCCC2C1. The van der Waals surface area contributed by atoms with Gasteiger partial charge in [-0.25, -0.2) is 0 Å². The summed E-state index contributed by atoms with van der Waals surface area (Å²) in [6.45, 7) is 9.30. The fourth-order valence-corrected chi connectivity index (χ4v) is 3.80. The highest BCUT2D eigenvalue weighted by Crippen LogP contribution is 2.24.